The number of benzene rings is 4. The van der Waals surface area contributed by atoms with Crippen LogP contribution in [0.15, 0.2) is 163 Å². The van der Waals surface area contributed by atoms with Gasteiger partial charge in [-0.2, -0.15) is 4.99 Å². The van der Waals surface area contributed by atoms with Crippen molar-refractivity contribution in [2.75, 3.05) is 14.1 Å². The predicted molar refractivity (Wildman–Crippen MR) is 242 cm³/mol. The molecule has 3 aromatic heterocycles. The third-order valence-corrected chi connectivity index (χ3v) is 9.84. The normalized spacial score (nSPS) is 11.8. The number of hydrogen-bond donors (Lipinski definition) is 0. The molecule has 1 unspecified atom stereocenters. The van der Waals surface area contributed by atoms with Gasteiger partial charge in [0, 0.05) is 59.5 Å². The van der Waals surface area contributed by atoms with E-state index in [1.54, 1.807) is 15.6 Å². The van der Waals surface area contributed by atoms with Crippen LogP contribution in [0.25, 0.3) is 0 Å². The molecule has 0 aliphatic rings. The van der Waals surface area contributed by atoms with Crippen molar-refractivity contribution in [3.8, 4) is 0 Å². The molecular weight excluding hydrogens is 807 g/mol. The van der Waals surface area contributed by atoms with E-state index >= 15 is 0 Å². The zero-order valence-corrected chi connectivity index (χ0v) is 37.7. The van der Waals surface area contributed by atoms with Gasteiger partial charge in [0.2, 0.25) is 22.5 Å². The second-order valence-electron chi connectivity index (χ2n) is 15.6. The molecule has 14 heteroatoms. The second kappa shape index (κ2) is 26.4. The highest BCUT2D eigenvalue weighted by Crippen LogP contribution is 2.14. The standard InChI is InChI=1S/C21H25N4O.C15H19N2O2.C14H17N3O2/c1-17(14-18-10-6-4-7-11-18)25-16-21(26-23-25)22-20(24(2)3)15-19-12-8-5-9-13-19;1-2-3-9-17-12-15(19-16-17)11-14(18)10-13-7-5-4-6-8-13;1-2-3-9-17-11-14(19-16-17)15-13(18)10-12-7-5-4-6-8-12/h4-13,16-17H,14-15H2,1-3H3;4-8,12H,2-3,9-11H2,1H3;4-8,11H,2-3,9-10H2,1H3/q2*+1;. The average molecular weight is 868 g/mol. The molecule has 0 amide bonds. The van der Waals surface area contributed by atoms with E-state index in [9.17, 15) is 9.90 Å². The molecular formula is C50H61N9O5+2. The lowest BCUT2D eigenvalue weighted by Crippen LogP contribution is -2.39. The zero-order valence-electron chi connectivity index (χ0n) is 37.7. The Labute approximate surface area is 376 Å². The number of rotatable bonds is 19. The number of carbonyl (C=O) groups excluding carboxylic acids is 1. The fraction of sp³-hybridized carbons (Fsp3) is 0.340. The van der Waals surface area contributed by atoms with Gasteiger partial charge in [-0.05, 0) is 32.8 Å². The van der Waals surface area contributed by atoms with Crippen molar-refractivity contribution < 1.29 is 37.5 Å². The Bertz CT molecular complexity index is 2430. The average Bonchev–Trinajstić information content (AvgIpc) is 4.08. The molecule has 14 nitrogen and oxygen atoms in total. The van der Waals surface area contributed by atoms with Gasteiger partial charge in [0.05, 0.1) is 6.42 Å². The van der Waals surface area contributed by atoms with Crippen LogP contribution in [-0.2, 0) is 50.0 Å². The van der Waals surface area contributed by atoms with Gasteiger partial charge >= 0.3 is 11.8 Å². The van der Waals surface area contributed by atoms with Crippen molar-refractivity contribution in [1.82, 2.24) is 20.7 Å². The number of aryl methyl sites for hydroxylation is 2. The summed E-state index contributed by atoms with van der Waals surface area (Å²) in [5.41, 5.74) is 4.46. The first-order valence-corrected chi connectivity index (χ1v) is 21.9. The van der Waals surface area contributed by atoms with Crippen LogP contribution in [0.1, 0.15) is 80.5 Å². The van der Waals surface area contributed by atoms with Gasteiger partial charge in [0.25, 0.3) is 12.4 Å². The maximum atomic E-state index is 11.9. The number of ketones is 1. The number of nitrogens with zero attached hydrogens (tertiary/aromatic N) is 9. The van der Waals surface area contributed by atoms with E-state index < -0.39 is 0 Å². The summed E-state index contributed by atoms with van der Waals surface area (Å²) >= 11 is 0. The molecule has 64 heavy (non-hydrogen) atoms. The Morgan fingerprint density at radius 3 is 1.66 bits per heavy atom. The van der Waals surface area contributed by atoms with Crippen molar-refractivity contribution in [2.24, 2.45) is 9.98 Å². The lowest BCUT2D eigenvalue weighted by Gasteiger charge is -2.14. The first kappa shape index (κ1) is 48.0. The Kier molecular flexibility index (Phi) is 19.8. The van der Waals surface area contributed by atoms with Crippen LogP contribution in [0.2, 0.25) is 0 Å². The molecule has 0 aliphatic carbocycles. The smallest absolute Gasteiger partial charge is 0.323 e. The van der Waals surface area contributed by atoms with Gasteiger partial charge in [-0.25, -0.2) is 4.99 Å². The van der Waals surface area contributed by atoms with Crippen molar-refractivity contribution >= 4 is 29.3 Å². The maximum absolute atomic E-state index is 11.9. The Morgan fingerprint density at radius 1 is 0.609 bits per heavy atom. The highest BCUT2D eigenvalue weighted by Gasteiger charge is 2.21. The van der Waals surface area contributed by atoms with Crippen molar-refractivity contribution in [3.05, 3.63) is 168 Å². The Hall–Kier alpha value is -7.09. The predicted octanol–water partition coefficient (Wildman–Crippen LogP) is 7.11. The molecule has 334 valence electrons. The van der Waals surface area contributed by atoms with Crippen LogP contribution in [0.4, 0.5) is 11.8 Å². The number of aromatic nitrogens is 6. The highest BCUT2D eigenvalue weighted by molar-refractivity contribution is 5.85. The number of amidine groups is 1. The highest BCUT2D eigenvalue weighted by atomic mass is 16.5. The van der Waals surface area contributed by atoms with Crippen LogP contribution >= 0.6 is 0 Å². The third-order valence-electron chi connectivity index (χ3n) is 9.84. The third kappa shape index (κ3) is 17.3. The molecule has 4 aromatic carbocycles. The topological polar surface area (TPSA) is 158 Å². The molecule has 0 N–H and O–H groups in total. The van der Waals surface area contributed by atoms with Gasteiger partial charge in [0.15, 0.2) is 24.4 Å². The fourth-order valence-electron chi connectivity index (χ4n) is 6.34. The minimum atomic E-state index is -0.231. The summed E-state index contributed by atoms with van der Waals surface area (Å²) in [7, 11) is 3.98. The van der Waals surface area contributed by atoms with Gasteiger partial charge in [0.1, 0.15) is 11.6 Å². The molecule has 0 saturated heterocycles. The van der Waals surface area contributed by atoms with Gasteiger partial charge in [-0.15, -0.1) is 0 Å². The summed E-state index contributed by atoms with van der Waals surface area (Å²) in [6.07, 6.45) is 12.3. The van der Waals surface area contributed by atoms with E-state index in [0.29, 0.717) is 24.5 Å². The minimum Gasteiger partial charge on any atom is -0.861 e. The van der Waals surface area contributed by atoms with E-state index in [4.69, 9.17) is 13.6 Å². The summed E-state index contributed by atoms with van der Waals surface area (Å²) in [6, 6.07) is 40.1. The summed E-state index contributed by atoms with van der Waals surface area (Å²) in [5.74, 6) is 2.25. The van der Waals surface area contributed by atoms with E-state index in [-0.39, 0.29) is 30.0 Å². The number of Topliss-reactive ketones (excluding diaryl/α,β-unsaturated/α-hetero) is 1. The quantitative estimate of drug-likeness (QED) is 0.0469. The van der Waals surface area contributed by atoms with Crippen molar-refractivity contribution in [2.45, 2.75) is 97.7 Å². The first-order valence-electron chi connectivity index (χ1n) is 21.9. The summed E-state index contributed by atoms with van der Waals surface area (Å²) < 4.78 is 20.9. The Balaban J connectivity index is 0.000000184. The largest absolute Gasteiger partial charge is 0.861 e. The molecule has 0 aliphatic heterocycles. The van der Waals surface area contributed by atoms with Crippen LogP contribution in [0.3, 0.4) is 0 Å². The zero-order chi connectivity index (χ0) is 45.4. The maximum Gasteiger partial charge on any atom is 0.323 e. The van der Waals surface area contributed by atoms with E-state index in [1.165, 1.54) is 11.1 Å². The molecule has 3 heterocycles. The number of carbonyl (C=O) groups is 1. The number of likely N-dealkylation sites (N-methyl/N-ethyl adjacent to an activating group) is 1. The van der Waals surface area contributed by atoms with Crippen LogP contribution < -0.4 is 19.2 Å². The van der Waals surface area contributed by atoms with E-state index in [0.717, 1.165) is 68.6 Å². The summed E-state index contributed by atoms with van der Waals surface area (Å²) in [4.78, 5) is 22.5. The van der Waals surface area contributed by atoms with Crippen LogP contribution in [-0.4, -0.2) is 52.3 Å². The van der Waals surface area contributed by atoms with Gasteiger partial charge < -0.3 is 14.5 Å². The molecule has 0 spiro atoms. The fourth-order valence-corrected chi connectivity index (χ4v) is 6.34. The van der Waals surface area contributed by atoms with Crippen LogP contribution in [0.5, 0.6) is 0 Å². The molecule has 7 rings (SSSR count). The molecule has 1 atom stereocenters. The molecule has 7 aromatic rings. The van der Waals surface area contributed by atoms with E-state index in [2.05, 4.69) is 83.0 Å². The van der Waals surface area contributed by atoms with Crippen molar-refractivity contribution in [1.29, 1.82) is 0 Å². The SMILES string of the molecule is CC(Cc1ccccc1)[n+]1cc(N=C(Cc2ccccc2)N(C)C)on1.CCCC[n+]1cc(CC(=O)Cc2ccccc2)on1.CCCC[n+]1cc(N=C([O-])Cc2ccccc2)on1. The minimum absolute atomic E-state index is 0.144. The molecule has 0 saturated carbocycles. The first-order chi connectivity index (χ1) is 31.2. The van der Waals surface area contributed by atoms with Gasteiger partial charge in [-0.3, -0.25) is 13.8 Å². The van der Waals surface area contributed by atoms with E-state index in [1.807, 2.05) is 121 Å². The Morgan fingerprint density at radius 2 is 1.09 bits per heavy atom. The number of hydrogen-bond acceptors (Lipinski definition) is 10. The molecule has 0 fully saturated rings. The summed E-state index contributed by atoms with van der Waals surface area (Å²) in [5, 5.41) is 23.6. The molecule has 0 radical (unpaired) electrons. The van der Waals surface area contributed by atoms with Gasteiger partial charge in [-0.1, -0.05) is 157 Å². The lowest BCUT2D eigenvalue weighted by atomic mass is 10.1. The number of aliphatic imine (C=N–C) groups is 2. The second-order valence-corrected chi connectivity index (χ2v) is 15.6. The molecule has 0 bridgehead atoms. The number of unbranched alkanes of at least 4 members (excludes halogenated alkanes) is 2. The lowest BCUT2D eigenvalue weighted by molar-refractivity contribution is -0.782. The van der Waals surface area contributed by atoms with Crippen LogP contribution in [0, 0.1) is 0 Å². The summed E-state index contributed by atoms with van der Waals surface area (Å²) in [6.45, 7) is 7.98. The van der Waals surface area contributed by atoms with Crippen molar-refractivity contribution in [3.63, 3.8) is 0 Å². The monoisotopic (exact) mass is 867 g/mol.